The van der Waals surface area contributed by atoms with Gasteiger partial charge in [-0.15, -0.1) is 0 Å². The predicted octanol–water partition coefficient (Wildman–Crippen LogP) is 3.15. The molecule has 0 radical (unpaired) electrons. The lowest BCUT2D eigenvalue weighted by atomic mass is 10.1. The molecule has 0 saturated carbocycles. The van der Waals surface area contributed by atoms with Crippen molar-refractivity contribution >= 4 is 27.7 Å². The fourth-order valence-electron chi connectivity index (χ4n) is 3.46. The molecule has 0 bridgehead atoms. The number of carbonyl (C=O) groups excluding carboxylic acids is 2. The maximum Gasteiger partial charge on any atom is 0.409 e. The Labute approximate surface area is 200 Å². The zero-order chi connectivity index (χ0) is 24.7. The number of hydrazone groups is 1. The zero-order valence-corrected chi connectivity index (χ0v) is 20.5. The number of likely N-dealkylation sites (tertiary alicyclic amines) is 1. The monoisotopic (exact) mass is 486 g/mol. The molecule has 0 aromatic heterocycles. The molecule has 2 aromatic rings. The molecule has 0 aliphatic carbocycles. The van der Waals surface area contributed by atoms with E-state index in [4.69, 9.17) is 4.74 Å². The molecule has 3 rings (SSSR count). The second kappa shape index (κ2) is 11.3. The molecule has 0 atom stereocenters. The Balaban J connectivity index is 1.54. The average molecular weight is 487 g/mol. The van der Waals surface area contributed by atoms with E-state index in [0.717, 1.165) is 16.8 Å². The van der Waals surface area contributed by atoms with E-state index in [1.165, 1.54) is 11.4 Å². The van der Waals surface area contributed by atoms with Crippen molar-refractivity contribution in [2.45, 2.75) is 38.1 Å². The molecule has 182 valence electrons. The molecule has 9 nitrogen and oxygen atoms in total. The van der Waals surface area contributed by atoms with Crippen LogP contribution in [0.5, 0.6) is 0 Å². The van der Waals surface area contributed by atoms with Crippen molar-refractivity contribution in [2.75, 3.05) is 26.7 Å². The highest BCUT2D eigenvalue weighted by atomic mass is 32.2. The summed E-state index contributed by atoms with van der Waals surface area (Å²) in [6.45, 7) is 5.19. The molecule has 1 N–H and O–H groups in total. The zero-order valence-electron chi connectivity index (χ0n) is 19.7. The van der Waals surface area contributed by atoms with Crippen LogP contribution in [0.25, 0.3) is 0 Å². The van der Waals surface area contributed by atoms with Crippen molar-refractivity contribution in [2.24, 2.45) is 5.10 Å². The van der Waals surface area contributed by atoms with Crippen LogP contribution in [-0.2, 0) is 21.3 Å². The lowest BCUT2D eigenvalue weighted by Gasteiger charge is -2.26. The van der Waals surface area contributed by atoms with Gasteiger partial charge < -0.3 is 9.64 Å². The van der Waals surface area contributed by atoms with Crippen LogP contribution in [0.1, 0.15) is 41.3 Å². The number of amides is 2. The topological polar surface area (TPSA) is 108 Å². The minimum Gasteiger partial charge on any atom is -0.450 e. The smallest absolute Gasteiger partial charge is 0.409 e. The number of aryl methyl sites for hydroxylation is 1. The van der Waals surface area contributed by atoms with Gasteiger partial charge in [-0.3, -0.25) is 4.79 Å². The van der Waals surface area contributed by atoms with Gasteiger partial charge in [-0.05, 0) is 43.7 Å². The molecule has 2 aromatic carbocycles. The third-order valence-corrected chi connectivity index (χ3v) is 7.35. The first-order valence-corrected chi connectivity index (χ1v) is 12.5. The average Bonchev–Trinajstić information content (AvgIpc) is 2.83. The SMILES string of the molecule is CCOC(=O)N1CCC(=NNC(=O)c2ccc(CN(C)S(=O)(=O)c3ccc(C)cc3)cc2)CC1. The van der Waals surface area contributed by atoms with Crippen LogP contribution in [0, 0.1) is 6.92 Å². The maximum absolute atomic E-state index is 12.8. The van der Waals surface area contributed by atoms with Crippen molar-refractivity contribution in [3.63, 3.8) is 0 Å². The minimum absolute atomic E-state index is 0.178. The Morgan fingerprint density at radius 2 is 1.68 bits per heavy atom. The summed E-state index contributed by atoms with van der Waals surface area (Å²) in [4.78, 5) is 26.1. The highest BCUT2D eigenvalue weighted by Gasteiger charge is 2.22. The van der Waals surface area contributed by atoms with E-state index in [9.17, 15) is 18.0 Å². The van der Waals surface area contributed by atoms with E-state index in [2.05, 4.69) is 10.5 Å². The Hall–Kier alpha value is -3.24. The van der Waals surface area contributed by atoms with E-state index in [1.54, 1.807) is 60.4 Å². The number of hydrogen-bond donors (Lipinski definition) is 1. The van der Waals surface area contributed by atoms with Gasteiger partial charge in [0.05, 0.1) is 11.5 Å². The van der Waals surface area contributed by atoms with Crippen molar-refractivity contribution < 1.29 is 22.7 Å². The number of nitrogens with zero attached hydrogens (tertiary/aromatic N) is 3. The highest BCUT2D eigenvalue weighted by Crippen LogP contribution is 2.18. The van der Waals surface area contributed by atoms with Gasteiger partial charge in [0.2, 0.25) is 10.0 Å². The number of hydrogen-bond acceptors (Lipinski definition) is 6. The van der Waals surface area contributed by atoms with E-state index in [-0.39, 0.29) is 23.4 Å². The molecular weight excluding hydrogens is 456 g/mol. The second-order valence-electron chi connectivity index (χ2n) is 8.08. The van der Waals surface area contributed by atoms with Gasteiger partial charge >= 0.3 is 6.09 Å². The molecule has 0 spiro atoms. The number of benzene rings is 2. The van der Waals surface area contributed by atoms with Gasteiger partial charge in [0, 0.05) is 50.8 Å². The molecular formula is C24H30N4O5S. The van der Waals surface area contributed by atoms with E-state index in [0.29, 0.717) is 38.1 Å². The summed E-state index contributed by atoms with van der Waals surface area (Å²) < 4.78 is 31.8. The third-order valence-electron chi connectivity index (χ3n) is 5.53. The van der Waals surface area contributed by atoms with Crippen molar-refractivity contribution in [1.29, 1.82) is 0 Å². The van der Waals surface area contributed by atoms with E-state index >= 15 is 0 Å². The molecule has 1 aliphatic heterocycles. The molecule has 10 heteroatoms. The predicted molar refractivity (Wildman–Crippen MR) is 129 cm³/mol. The summed E-state index contributed by atoms with van der Waals surface area (Å²) in [5.74, 6) is -0.354. The van der Waals surface area contributed by atoms with Crippen LogP contribution in [0.3, 0.4) is 0 Å². The van der Waals surface area contributed by atoms with Gasteiger partial charge in [-0.1, -0.05) is 29.8 Å². The lowest BCUT2D eigenvalue weighted by Crippen LogP contribution is -2.39. The third kappa shape index (κ3) is 6.42. The van der Waals surface area contributed by atoms with Crippen LogP contribution in [0.4, 0.5) is 4.79 Å². The second-order valence-corrected chi connectivity index (χ2v) is 10.1. The summed E-state index contributed by atoms with van der Waals surface area (Å²) in [6, 6.07) is 13.4. The fourth-order valence-corrected chi connectivity index (χ4v) is 4.62. The Morgan fingerprint density at radius 3 is 2.26 bits per heavy atom. The van der Waals surface area contributed by atoms with Crippen molar-refractivity contribution in [1.82, 2.24) is 14.6 Å². The lowest BCUT2D eigenvalue weighted by molar-refractivity contribution is 0.0951. The van der Waals surface area contributed by atoms with Crippen LogP contribution in [0.15, 0.2) is 58.5 Å². The molecule has 1 fully saturated rings. The number of piperidine rings is 1. The van der Waals surface area contributed by atoms with Gasteiger partial charge in [0.15, 0.2) is 0 Å². The first-order valence-electron chi connectivity index (χ1n) is 11.1. The molecule has 34 heavy (non-hydrogen) atoms. The van der Waals surface area contributed by atoms with Crippen LogP contribution < -0.4 is 5.43 Å². The fraction of sp³-hybridized carbons (Fsp3) is 0.375. The normalized spacial score (nSPS) is 14.1. The molecule has 1 saturated heterocycles. The summed E-state index contributed by atoms with van der Waals surface area (Å²) in [7, 11) is -2.08. The first kappa shape index (κ1) is 25.4. The summed E-state index contributed by atoms with van der Waals surface area (Å²) in [5, 5.41) is 4.19. The minimum atomic E-state index is -3.61. The quantitative estimate of drug-likeness (QED) is 0.605. The van der Waals surface area contributed by atoms with E-state index < -0.39 is 10.0 Å². The van der Waals surface area contributed by atoms with Gasteiger partial charge in [0.25, 0.3) is 5.91 Å². The molecule has 0 unspecified atom stereocenters. The van der Waals surface area contributed by atoms with Crippen LogP contribution >= 0.6 is 0 Å². The van der Waals surface area contributed by atoms with Gasteiger partial charge in [0.1, 0.15) is 0 Å². The summed E-state index contributed by atoms with van der Waals surface area (Å²) in [5.41, 5.74) is 5.53. The number of nitrogens with one attached hydrogen (secondary N) is 1. The molecule has 1 heterocycles. The molecule has 1 aliphatic rings. The maximum atomic E-state index is 12.8. The number of ether oxygens (including phenoxy) is 1. The Morgan fingerprint density at radius 1 is 1.06 bits per heavy atom. The van der Waals surface area contributed by atoms with Crippen LogP contribution in [-0.4, -0.2) is 62.1 Å². The Kier molecular flexibility index (Phi) is 8.41. The molecule has 2 amide bonds. The largest absolute Gasteiger partial charge is 0.450 e. The standard InChI is InChI=1S/C24H30N4O5S/c1-4-33-24(30)28-15-13-21(14-16-28)25-26-23(29)20-9-7-19(8-10-20)17-27(3)34(31,32)22-11-5-18(2)6-12-22/h5-12H,4,13-17H2,1-3H3,(H,26,29). The van der Waals surface area contributed by atoms with Crippen molar-refractivity contribution in [3.05, 3.63) is 65.2 Å². The number of carbonyl (C=O) groups is 2. The number of sulfonamides is 1. The van der Waals surface area contributed by atoms with Crippen molar-refractivity contribution in [3.8, 4) is 0 Å². The Bertz CT molecular complexity index is 1130. The summed E-state index contributed by atoms with van der Waals surface area (Å²) in [6.07, 6.45) is 0.808. The van der Waals surface area contributed by atoms with Gasteiger partial charge in [-0.25, -0.2) is 18.6 Å². The van der Waals surface area contributed by atoms with Crippen LogP contribution in [0.2, 0.25) is 0 Å². The number of rotatable bonds is 7. The van der Waals surface area contributed by atoms with Gasteiger partial charge in [-0.2, -0.15) is 9.41 Å². The van der Waals surface area contributed by atoms with E-state index in [1.807, 2.05) is 6.92 Å². The first-order chi connectivity index (χ1) is 16.2. The highest BCUT2D eigenvalue weighted by molar-refractivity contribution is 7.89. The summed E-state index contributed by atoms with van der Waals surface area (Å²) >= 11 is 0.